The second-order valence-corrected chi connectivity index (χ2v) is 6.50. The minimum Gasteiger partial charge on any atom is -0.496 e. The molecule has 0 radical (unpaired) electrons. The lowest BCUT2D eigenvalue weighted by atomic mass is 10.1. The van der Waals surface area contributed by atoms with Crippen LogP contribution in [-0.2, 0) is 0 Å². The van der Waals surface area contributed by atoms with E-state index in [4.69, 9.17) is 16.3 Å². The highest BCUT2D eigenvalue weighted by atomic mass is 79.9. The summed E-state index contributed by atoms with van der Waals surface area (Å²) in [6, 6.07) is 12.0. The second-order valence-electron chi connectivity index (χ2n) is 4.39. The molecule has 0 spiro atoms. The fourth-order valence-corrected chi connectivity index (χ4v) is 2.93. The number of benzene rings is 2. The molecule has 20 heavy (non-hydrogen) atoms. The van der Waals surface area contributed by atoms with E-state index in [1.807, 2.05) is 30.3 Å². The van der Waals surface area contributed by atoms with Crippen molar-refractivity contribution < 1.29 is 4.74 Å². The molecule has 0 bridgehead atoms. The van der Waals surface area contributed by atoms with Crippen LogP contribution in [0.1, 0.15) is 18.5 Å². The van der Waals surface area contributed by atoms with Gasteiger partial charge in [0.05, 0.1) is 16.6 Å². The van der Waals surface area contributed by atoms with Gasteiger partial charge in [-0.25, -0.2) is 0 Å². The highest BCUT2D eigenvalue weighted by Gasteiger charge is 2.09. The molecule has 0 aliphatic carbocycles. The smallest absolute Gasteiger partial charge is 0.133 e. The highest BCUT2D eigenvalue weighted by molar-refractivity contribution is 9.10. The van der Waals surface area contributed by atoms with Crippen molar-refractivity contribution in [1.29, 1.82) is 0 Å². The summed E-state index contributed by atoms with van der Waals surface area (Å²) in [5, 5.41) is 4.14. The van der Waals surface area contributed by atoms with Crippen molar-refractivity contribution in [3.63, 3.8) is 0 Å². The van der Waals surface area contributed by atoms with Crippen molar-refractivity contribution in [2.75, 3.05) is 12.4 Å². The van der Waals surface area contributed by atoms with Gasteiger partial charge in [0, 0.05) is 16.2 Å². The molecule has 0 heterocycles. The lowest BCUT2D eigenvalue weighted by Gasteiger charge is -2.17. The van der Waals surface area contributed by atoms with Crippen LogP contribution in [0.25, 0.3) is 0 Å². The van der Waals surface area contributed by atoms with Gasteiger partial charge < -0.3 is 10.1 Å². The van der Waals surface area contributed by atoms with Crippen molar-refractivity contribution in [1.82, 2.24) is 0 Å². The summed E-state index contributed by atoms with van der Waals surface area (Å²) in [6.07, 6.45) is 0. The maximum atomic E-state index is 5.99. The molecule has 0 aliphatic heterocycles. The molecule has 5 heteroatoms. The molecular weight excluding hydrogens is 405 g/mol. The Morgan fingerprint density at radius 2 is 1.85 bits per heavy atom. The molecule has 0 aliphatic rings. The van der Waals surface area contributed by atoms with E-state index in [1.165, 1.54) is 5.56 Å². The highest BCUT2D eigenvalue weighted by Crippen LogP contribution is 2.31. The van der Waals surface area contributed by atoms with Crippen LogP contribution >= 0.6 is 43.5 Å². The van der Waals surface area contributed by atoms with E-state index in [9.17, 15) is 0 Å². The molecule has 1 atom stereocenters. The fourth-order valence-electron chi connectivity index (χ4n) is 1.87. The Morgan fingerprint density at radius 3 is 2.45 bits per heavy atom. The lowest BCUT2D eigenvalue weighted by molar-refractivity contribution is 0.412. The molecule has 2 aromatic rings. The summed E-state index contributed by atoms with van der Waals surface area (Å²) in [7, 11) is 1.66. The molecule has 106 valence electrons. The lowest BCUT2D eigenvalue weighted by Crippen LogP contribution is -2.06. The predicted octanol–water partition coefficient (Wildman–Crippen LogP) is 6.05. The molecule has 2 nitrogen and oxygen atoms in total. The molecule has 0 saturated heterocycles. The van der Waals surface area contributed by atoms with Crippen LogP contribution in [0.5, 0.6) is 5.75 Å². The van der Waals surface area contributed by atoms with Crippen LogP contribution in [0.15, 0.2) is 45.3 Å². The Hall–Kier alpha value is -0.710. The van der Waals surface area contributed by atoms with Crippen molar-refractivity contribution in [2.24, 2.45) is 0 Å². The molecule has 0 aromatic heterocycles. The number of nitrogens with one attached hydrogen (secondary N) is 1. The summed E-state index contributed by atoms with van der Waals surface area (Å²) in [6.45, 7) is 2.11. The van der Waals surface area contributed by atoms with Crippen molar-refractivity contribution in [2.45, 2.75) is 13.0 Å². The molecule has 0 amide bonds. The van der Waals surface area contributed by atoms with E-state index in [2.05, 4.69) is 50.2 Å². The third-order valence-electron chi connectivity index (χ3n) is 2.98. The average Bonchev–Trinajstić information content (AvgIpc) is 2.42. The monoisotopic (exact) mass is 417 g/mol. The first-order chi connectivity index (χ1) is 9.51. The van der Waals surface area contributed by atoms with Crippen LogP contribution in [0.4, 0.5) is 5.69 Å². The Labute approximate surface area is 140 Å². The van der Waals surface area contributed by atoms with Gasteiger partial charge in [-0.2, -0.15) is 0 Å². The predicted molar refractivity (Wildman–Crippen MR) is 91.9 cm³/mol. The summed E-state index contributed by atoms with van der Waals surface area (Å²) < 4.78 is 7.07. The third-order valence-corrected chi connectivity index (χ3v) is 4.81. The van der Waals surface area contributed by atoms with E-state index >= 15 is 0 Å². The van der Waals surface area contributed by atoms with Gasteiger partial charge in [-0.3, -0.25) is 0 Å². The normalized spacial score (nSPS) is 12.1. The number of ether oxygens (including phenoxy) is 1. The van der Waals surface area contributed by atoms with E-state index in [0.717, 1.165) is 20.4 Å². The van der Waals surface area contributed by atoms with Gasteiger partial charge in [0.15, 0.2) is 0 Å². The van der Waals surface area contributed by atoms with Gasteiger partial charge in [-0.15, -0.1) is 0 Å². The molecule has 1 unspecified atom stereocenters. The first-order valence-corrected chi connectivity index (χ1v) is 8.02. The number of rotatable bonds is 4. The van der Waals surface area contributed by atoms with Gasteiger partial charge >= 0.3 is 0 Å². The van der Waals surface area contributed by atoms with Crippen LogP contribution < -0.4 is 10.1 Å². The second kappa shape index (κ2) is 6.83. The fraction of sp³-hybridized carbons (Fsp3) is 0.200. The third kappa shape index (κ3) is 3.68. The summed E-state index contributed by atoms with van der Waals surface area (Å²) in [4.78, 5) is 0. The minimum atomic E-state index is 0.172. The Kier molecular flexibility index (Phi) is 5.35. The van der Waals surface area contributed by atoms with Crippen molar-refractivity contribution in [3.05, 3.63) is 55.9 Å². The van der Waals surface area contributed by atoms with Gasteiger partial charge in [-0.1, -0.05) is 17.7 Å². The average molecular weight is 420 g/mol. The maximum Gasteiger partial charge on any atom is 0.133 e. The molecule has 2 rings (SSSR count). The van der Waals surface area contributed by atoms with Crippen LogP contribution in [0.2, 0.25) is 5.02 Å². The van der Waals surface area contributed by atoms with Crippen molar-refractivity contribution >= 4 is 49.1 Å². The Bertz CT molecular complexity index is 619. The summed E-state index contributed by atoms with van der Waals surface area (Å²) >= 11 is 12.9. The Morgan fingerprint density at radius 1 is 1.10 bits per heavy atom. The summed E-state index contributed by atoms with van der Waals surface area (Å²) in [5.41, 5.74) is 2.18. The number of halogens is 3. The minimum absolute atomic E-state index is 0.172. The van der Waals surface area contributed by atoms with Gasteiger partial charge in [-0.05, 0) is 74.7 Å². The zero-order valence-electron chi connectivity index (χ0n) is 11.1. The van der Waals surface area contributed by atoms with Crippen LogP contribution in [0.3, 0.4) is 0 Å². The zero-order chi connectivity index (χ0) is 14.7. The number of methoxy groups -OCH3 is 1. The Balaban J connectivity index is 2.17. The summed E-state index contributed by atoms with van der Waals surface area (Å²) in [5.74, 6) is 0.829. The number of hydrogen-bond donors (Lipinski definition) is 1. The first-order valence-electron chi connectivity index (χ1n) is 6.06. The van der Waals surface area contributed by atoms with Gasteiger partial charge in [0.1, 0.15) is 5.75 Å². The quantitative estimate of drug-likeness (QED) is 0.652. The van der Waals surface area contributed by atoms with Gasteiger partial charge in [0.25, 0.3) is 0 Å². The molecule has 0 saturated carbocycles. The first kappa shape index (κ1) is 15.7. The van der Waals surface area contributed by atoms with Crippen LogP contribution in [0, 0.1) is 0 Å². The standard InChI is InChI=1S/C15H14Br2ClNO/c1-9(10-3-6-15(20-2)13(17)7-10)19-11-4-5-14(18)12(16)8-11/h3-9,19H,1-2H3. The van der Waals surface area contributed by atoms with E-state index < -0.39 is 0 Å². The van der Waals surface area contributed by atoms with Gasteiger partial charge in [0.2, 0.25) is 0 Å². The topological polar surface area (TPSA) is 21.3 Å². The largest absolute Gasteiger partial charge is 0.496 e. The molecular formula is C15H14Br2ClNO. The maximum absolute atomic E-state index is 5.99. The number of anilines is 1. The number of hydrogen-bond acceptors (Lipinski definition) is 2. The molecule has 1 N–H and O–H groups in total. The van der Waals surface area contributed by atoms with E-state index in [1.54, 1.807) is 7.11 Å². The van der Waals surface area contributed by atoms with E-state index in [0.29, 0.717) is 5.02 Å². The molecule has 2 aromatic carbocycles. The zero-order valence-corrected chi connectivity index (χ0v) is 15.0. The van der Waals surface area contributed by atoms with Crippen molar-refractivity contribution in [3.8, 4) is 5.75 Å². The van der Waals surface area contributed by atoms with Crippen LogP contribution in [-0.4, -0.2) is 7.11 Å². The SMILES string of the molecule is COc1ccc(C(C)Nc2ccc(Cl)c(Br)c2)cc1Br. The van der Waals surface area contributed by atoms with E-state index in [-0.39, 0.29) is 6.04 Å². The molecule has 0 fully saturated rings.